The fourth-order valence-electron chi connectivity index (χ4n) is 2.79. The Morgan fingerprint density at radius 3 is 2.79 bits per heavy atom. The number of aliphatic hydroxyl groups excluding tert-OH is 1. The third kappa shape index (κ3) is 2.64. The molecule has 1 atom stereocenters. The number of hydrogen-bond acceptors (Lipinski definition) is 6. The predicted octanol–water partition coefficient (Wildman–Crippen LogP) is 0.274. The van der Waals surface area contributed by atoms with Gasteiger partial charge in [0.05, 0.1) is 25.9 Å². The Labute approximate surface area is 113 Å². The second-order valence-electron chi connectivity index (χ2n) is 5.01. The Bertz CT molecular complexity index is 423. The molecule has 0 radical (unpaired) electrons. The maximum atomic E-state index is 9.40. The van der Waals surface area contributed by atoms with E-state index in [1.165, 1.54) is 0 Å². The Morgan fingerprint density at radius 2 is 2.00 bits per heavy atom. The minimum Gasteiger partial charge on any atom is -0.394 e. The summed E-state index contributed by atoms with van der Waals surface area (Å²) in [5, 5.41) is 9.40. The van der Waals surface area contributed by atoms with E-state index in [-0.39, 0.29) is 12.6 Å². The van der Waals surface area contributed by atoms with Gasteiger partial charge in [-0.2, -0.15) is 0 Å². The molecular formula is C13H20N4O2. The zero-order valence-electron chi connectivity index (χ0n) is 11.0. The van der Waals surface area contributed by atoms with Gasteiger partial charge in [-0.05, 0) is 12.8 Å². The van der Waals surface area contributed by atoms with Crippen LogP contribution in [-0.4, -0.2) is 60.6 Å². The number of hydrogen-bond donors (Lipinski definition) is 1. The van der Waals surface area contributed by atoms with Gasteiger partial charge in [0.1, 0.15) is 18.0 Å². The highest BCUT2D eigenvalue weighted by atomic mass is 16.5. The maximum Gasteiger partial charge on any atom is 0.134 e. The number of ether oxygens (including phenoxy) is 1. The van der Waals surface area contributed by atoms with Crippen molar-refractivity contribution in [2.75, 3.05) is 49.3 Å². The summed E-state index contributed by atoms with van der Waals surface area (Å²) in [5.41, 5.74) is 0. The highest BCUT2D eigenvalue weighted by molar-refractivity contribution is 5.51. The van der Waals surface area contributed by atoms with Crippen molar-refractivity contribution in [1.29, 1.82) is 0 Å². The lowest BCUT2D eigenvalue weighted by atomic mass is 10.2. The van der Waals surface area contributed by atoms with Crippen molar-refractivity contribution in [3.05, 3.63) is 12.4 Å². The quantitative estimate of drug-likeness (QED) is 0.846. The van der Waals surface area contributed by atoms with Gasteiger partial charge in [-0.1, -0.05) is 0 Å². The van der Waals surface area contributed by atoms with E-state index in [1.807, 2.05) is 6.07 Å². The molecule has 1 N–H and O–H groups in total. The smallest absolute Gasteiger partial charge is 0.134 e. The van der Waals surface area contributed by atoms with Crippen LogP contribution in [0.2, 0.25) is 0 Å². The molecule has 0 aromatic carbocycles. The molecule has 0 unspecified atom stereocenters. The topological polar surface area (TPSA) is 61.7 Å². The molecule has 19 heavy (non-hydrogen) atoms. The van der Waals surface area contributed by atoms with Crippen LogP contribution in [0, 0.1) is 0 Å². The molecule has 1 aromatic rings. The number of aromatic nitrogens is 2. The van der Waals surface area contributed by atoms with Crippen molar-refractivity contribution < 1.29 is 9.84 Å². The van der Waals surface area contributed by atoms with Crippen LogP contribution in [0.5, 0.6) is 0 Å². The van der Waals surface area contributed by atoms with E-state index in [0.29, 0.717) is 0 Å². The summed E-state index contributed by atoms with van der Waals surface area (Å²) in [7, 11) is 0. The molecule has 104 valence electrons. The molecule has 6 nitrogen and oxygen atoms in total. The molecule has 3 rings (SSSR count). The van der Waals surface area contributed by atoms with E-state index in [9.17, 15) is 5.11 Å². The fourth-order valence-corrected chi connectivity index (χ4v) is 2.79. The van der Waals surface area contributed by atoms with Crippen molar-refractivity contribution in [3.63, 3.8) is 0 Å². The van der Waals surface area contributed by atoms with E-state index < -0.39 is 0 Å². The molecular weight excluding hydrogens is 244 g/mol. The molecule has 0 aliphatic carbocycles. The van der Waals surface area contributed by atoms with Crippen molar-refractivity contribution in [3.8, 4) is 0 Å². The van der Waals surface area contributed by atoms with Gasteiger partial charge in [-0.25, -0.2) is 9.97 Å². The zero-order valence-corrected chi connectivity index (χ0v) is 11.0. The largest absolute Gasteiger partial charge is 0.394 e. The zero-order chi connectivity index (χ0) is 13.1. The van der Waals surface area contributed by atoms with Gasteiger partial charge in [-0.3, -0.25) is 0 Å². The monoisotopic (exact) mass is 264 g/mol. The van der Waals surface area contributed by atoms with E-state index >= 15 is 0 Å². The molecule has 3 heterocycles. The summed E-state index contributed by atoms with van der Waals surface area (Å²) in [4.78, 5) is 13.1. The molecule has 2 aliphatic rings. The lowest BCUT2D eigenvalue weighted by molar-refractivity contribution is 0.122. The average molecular weight is 264 g/mol. The summed E-state index contributed by atoms with van der Waals surface area (Å²) < 4.78 is 5.36. The number of nitrogens with zero attached hydrogens (tertiary/aromatic N) is 4. The van der Waals surface area contributed by atoms with E-state index in [4.69, 9.17) is 4.74 Å². The fraction of sp³-hybridized carbons (Fsp3) is 0.692. The summed E-state index contributed by atoms with van der Waals surface area (Å²) in [6.45, 7) is 4.41. The first-order valence-corrected chi connectivity index (χ1v) is 6.91. The van der Waals surface area contributed by atoms with Crippen LogP contribution in [0.25, 0.3) is 0 Å². The highest BCUT2D eigenvalue weighted by Crippen LogP contribution is 2.25. The van der Waals surface area contributed by atoms with Crippen molar-refractivity contribution in [1.82, 2.24) is 9.97 Å². The number of rotatable bonds is 3. The van der Waals surface area contributed by atoms with E-state index in [1.54, 1.807) is 6.33 Å². The standard InChI is InChI=1S/C13H20N4O2/c18-9-11-2-1-3-17(11)13-8-12(14-10-15-13)16-4-6-19-7-5-16/h8,10-11,18H,1-7,9H2/t11-/m1/s1. The summed E-state index contributed by atoms with van der Waals surface area (Å²) in [6, 6.07) is 2.23. The Kier molecular flexibility index (Phi) is 3.79. The van der Waals surface area contributed by atoms with Gasteiger partial charge in [0.25, 0.3) is 0 Å². The lowest BCUT2D eigenvalue weighted by Crippen LogP contribution is -2.37. The van der Waals surface area contributed by atoms with Crippen molar-refractivity contribution >= 4 is 11.6 Å². The van der Waals surface area contributed by atoms with Crippen LogP contribution in [0.4, 0.5) is 11.6 Å². The second-order valence-corrected chi connectivity index (χ2v) is 5.01. The molecule has 2 saturated heterocycles. The van der Waals surface area contributed by atoms with Gasteiger partial charge in [0.2, 0.25) is 0 Å². The third-order valence-electron chi connectivity index (χ3n) is 3.86. The molecule has 0 spiro atoms. The SMILES string of the molecule is OC[C@H]1CCCN1c1cc(N2CCOCC2)ncn1. The second kappa shape index (κ2) is 5.71. The highest BCUT2D eigenvalue weighted by Gasteiger charge is 2.25. The summed E-state index contributed by atoms with van der Waals surface area (Å²) >= 11 is 0. The number of morpholine rings is 1. The van der Waals surface area contributed by atoms with E-state index in [2.05, 4.69) is 19.8 Å². The van der Waals surface area contributed by atoms with Crippen LogP contribution in [0.15, 0.2) is 12.4 Å². The Morgan fingerprint density at radius 1 is 1.21 bits per heavy atom. The van der Waals surface area contributed by atoms with E-state index in [0.717, 1.165) is 57.3 Å². The van der Waals surface area contributed by atoms with Gasteiger partial charge >= 0.3 is 0 Å². The first-order chi connectivity index (χ1) is 9.38. The molecule has 0 amide bonds. The van der Waals surface area contributed by atoms with Crippen molar-refractivity contribution in [2.45, 2.75) is 18.9 Å². The first-order valence-electron chi connectivity index (χ1n) is 6.91. The Hall–Kier alpha value is -1.40. The van der Waals surface area contributed by atoms with Gasteiger partial charge in [0.15, 0.2) is 0 Å². The third-order valence-corrected chi connectivity index (χ3v) is 3.86. The van der Waals surface area contributed by atoms with Crippen molar-refractivity contribution in [2.24, 2.45) is 0 Å². The number of aliphatic hydroxyl groups is 1. The summed E-state index contributed by atoms with van der Waals surface area (Å²) in [6.07, 6.45) is 3.77. The van der Waals surface area contributed by atoms with Crippen LogP contribution < -0.4 is 9.80 Å². The van der Waals surface area contributed by atoms with Gasteiger partial charge in [-0.15, -0.1) is 0 Å². The van der Waals surface area contributed by atoms with Gasteiger partial charge in [0, 0.05) is 25.7 Å². The minimum atomic E-state index is 0.191. The van der Waals surface area contributed by atoms with Crippen LogP contribution in [0.3, 0.4) is 0 Å². The average Bonchev–Trinajstić information content (AvgIpc) is 2.97. The van der Waals surface area contributed by atoms with Crippen LogP contribution >= 0.6 is 0 Å². The maximum absolute atomic E-state index is 9.40. The molecule has 0 saturated carbocycles. The normalized spacial score (nSPS) is 23.9. The summed E-state index contributed by atoms with van der Waals surface area (Å²) in [5.74, 6) is 1.88. The molecule has 0 bridgehead atoms. The molecule has 1 aromatic heterocycles. The number of anilines is 2. The lowest BCUT2D eigenvalue weighted by Gasteiger charge is -2.29. The first kappa shape index (κ1) is 12.6. The van der Waals surface area contributed by atoms with Crippen LogP contribution in [0.1, 0.15) is 12.8 Å². The Balaban J connectivity index is 1.79. The van der Waals surface area contributed by atoms with Gasteiger partial charge < -0.3 is 19.6 Å². The molecule has 2 aliphatic heterocycles. The van der Waals surface area contributed by atoms with Crippen LogP contribution in [-0.2, 0) is 4.74 Å². The molecule has 2 fully saturated rings. The molecule has 6 heteroatoms. The minimum absolute atomic E-state index is 0.191. The predicted molar refractivity (Wildman–Crippen MR) is 72.5 cm³/mol.